The molecule has 0 radical (unpaired) electrons. The number of anilines is 1. The summed E-state index contributed by atoms with van der Waals surface area (Å²) in [7, 11) is 0. The van der Waals surface area contributed by atoms with E-state index in [2.05, 4.69) is 10.3 Å². The van der Waals surface area contributed by atoms with E-state index in [9.17, 15) is 13.2 Å². The lowest BCUT2D eigenvalue weighted by Crippen LogP contribution is -2.34. The van der Waals surface area contributed by atoms with Crippen molar-refractivity contribution in [2.45, 2.75) is 33.0 Å². The fourth-order valence-corrected chi connectivity index (χ4v) is 1.85. The lowest BCUT2D eigenvalue weighted by molar-refractivity contribution is -0.147. The van der Waals surface area contributed by atoms with Gasteiger partial charge in [0.15, 0.2) is 0 Å². The monoisotopic (exact) mass is 275 g/mol. The zero-order valence-corrected chi connectivity index (χ0v) is 11.3. The van der Waals surface area contributed by atoms with Gasteiger partial charge in [-0.3, -0.25) is 4.90 Å². The molecule has 19 heavy (non-hydrogen) atoms. The first-order chi connectivity index (χ1) is 8.94. The van der Waals surface area contributed by atoms with Crippen LogP contribution < -0.4 is 5.32 Å². The maximum absolute atomic E-state index is 12.4. The zero-order valence-electron chi connectivity index (χ0n) is 11.3. The first-order valence-electron chi connectivity index (χ1n) is 6.42. The average molecular weight is 275 g/mol. The van der Waals surface area contributed by atoms with Crippen molar-refractivity contribution in [1.29, 1.82) is 0 Å². The number of nitrogens with one attached hydrogen (secondary N) is 1. The van der Waals surface area contributed by atoms with Crippen molar-refractivity contribution in [1.82, 2.24) is 9.88 Å². The quantitative estimate of drug-likeness (QED) is 0.827. The smallest absolute Gasteiger partial charge is 0.370 e. The Morgan fingerprint density at radius 2 is 2.00 bits per heavy atom. The summed E-state index contributed by atoms with van der Waals surface area (Å²) in [5.41, 5.74) is 0.791. The number of aromatic nitrogens is 1. The van der Waals surface area contributed by atoms with Gasteiger partial charge in [0.2, 0.25) is 0 Å². The molecular formula is C13H20F3N3. The molecule has 0 spiro atoms. The van der Waals surface area contributed by atoms with Crippen molar-refractivity contribution < 1.29 is 13.2 Å². The van der Waals surface area contributed by atoms with Gasteiger partial charge in [-0.1, -0.05) is 13.0 Å². The number of alkyl halides is 3. The molecule has 0 bridgehead atoms. The van der Waals surface area contributed by atoms with Crippen molar-refractivity contribution in [2.75, 3.05) is 25.0 Å². The molecular weight excluding hydrogens is 255 g/mol. The number of rotatable bonds is 7. The number of nitrogens with zero attached hydrogens (tertiary/aromatic N) is 2. The van der Waals surface area contributed by atoms with Gasteiger partial charge in [0, 0.05) is 19.3 Å². The second-order valence-corrected chi connectivity index (χ2v) is 4.41. The predicted molar refractivity (Wildman–Crippen MR) is 70.0 cm³/mol. The lowest BCUT2D eigenvalue weighted by atomic mass is 10.2. The Morgan fingerprint density at radius 3 is 2.47 bits per heavy atom. The van der Waals surface area contributed by atoms with Gasteiger partial charge in [-0.15, -0.1) is 0 Å². The van der Waals surface area contributed by atoms with Gasteiger partial charge in [-0.05, 0) is 31.5 Å². The van der Waals surface area contributed by atoms with Crippen LogP contribution in [0.2, 0.25) is 0 Å². The molecule has 0 fully saturated rings. The second kappa shape index (κ2) is 7.33. The number of pyridine rings is 1. The van der Waals surface area contributed by atoms with Crippen LogP contribution in [-0.4, -0.2) is 35.7 Å². The van der Waals surface area contributed by atoms with E-state index in [1.165, 1.54) is 4.90 Å². The molecule has 0 atom stereocenters. The molecule has 0 aromatic carbocycles. The molecule has 108 valence electrons. The van der Waals surface area contributed by atoms with Crippen LogP contribution in [0.25, 0.3) is 0 Å². The van der Waals surface area contributed by atoms with Crippen molar-refractivity contribution in [2.24, 2.45) is 0 Å². The van der Waals surface area contributed by atoms with E-state index in [1.807, 2.05) is 19.9 Å². The molecule has 1 aromatic heterocycles. The van der Waals surface area contributed by atoms with Crippen molar-refractivity contribution in [3.63, 3.8) is 0 Å². The Balaban J connectivity index is 2.62. The maximum atomic E-state index is 12.4. The van der Waals surface area contributed by atoms with Crippen molar-refractivity contribution in [3.05, 3.63) is 23.9 Å². The van der Waals surface area contributed by atoms with E-state index in [0.29, 0.717) is 13.0 Å². The number of halogens is 3. The van der Waals surface area contributed by atoms with Gasteiger partial charge in [0.1, 0.15) is 5.82 Å². The Hall–Kier alpha value is -1.30. The second-order valence-electron chi connectivity index (χ2n) is 4.41. The van der Waals surface area contributed by atoms with E-state index < -0.39 is 12.7 Å². The Morgan fingerprint density at radius 1 is 1.26 bits per heavy atom. The van der Waals surface area contributed by atoms with Gasteiger partial charge >= 0.3 is 6.18 Å². The highest BCUT2D eigenvalue weighted by Crippen LogP contribution is 2.18. The van der Waals surface area contributed by atoms with Crippen LogP contribution in [-0.2, 0) is 6.54 Å². The fraction of sp³-hybridized carbons (Fsp3) is 0.615. The van der Waals surface area contributed by atoms with E-state index in [0.717, 1.165) is 17.9 Å². The summed E-state index contributed by atoms with van der Waals surface area (Å²) in [6.07, 6.45) is -1.84. The van der Waals surface area contributed by atoms with Crippen LogP contribution >= 0.6 is 0 Å². The van der Waals surface area contributed by atoms with E-state index in [4.69, 9.17) is 0 Å². The first-order valence-corrected chi connectivity index (χ1v) is 6.42. The molecule has 1 rings (SSSR count). The summed E-state index contributed by atoms with van der Waals surface area (Å²) in [5, 5.41) is 3.05. The van der Waals surface area contributed by atoms with Crippen LogP contribution in [0.3, 0.4) is 0 Å². The van der Waals surface area contributed by atoms with E-state index >= 15 is 0 Å². The number of hydrogen-bond donors (Lipinski definition) is 1. The predicted octanol–water partition coefficient (Wildman–Crippen LogP) is 3.29. The van der Waals surface area contributed by atoms with E-state index in [-0.39, 0.29) is 6.54 Å². The summed E-state index contributed by atoms with van der Waals surface area (Å²) in [5.74, 6) is 0.740. The van der Waals surface area contributed by atoms with Crippen LogP contribution in [0.15, 0.2) is 18.3 Å². The van der Waals surface area contributed by atoms with Crippen LogP contribution in [0.1, 0.15) is 25.8 Å². The first kappa shape index (κ1) is 15.8. The largest absolute Gasteiger partial charge is 0.401 e. The molecule has 0 amide bonds. The third-order valence-corrected chi connectivity index (χ3v) is 2.53. The summed E-state index contributed by atoms with van der Waals surface area (Å²) in [4.78, 5) is 5.55. The molecule has 1 N–H and O–H groups in total. The highest BCUT2D eigenvalue weighted by atomic mass is 19.4. The Bertz CT molecular complexity index is 362. The third kappa shape index (κ3) is 6.42. The SMILES string of the molecule is CCCN(Cc1ccc(NCC)nc1)CC(F)(F)F. The molecule has 0 saturated heterocycles. The average Bonchev–Trinajstić information content (AvgIpc) is 2.30. The highest BCUT2D eigenvalue weighted by molar-refractivity contribution is 5.35. The van der Waals surface area contributed by atoms with Crippen LogP contribution in [0, 0.1) is 0 Å². The van der Waals surface area contributed by atoms with Gasteiger partial charge in [0.05, 0.1) is 6.54 Å². The van der Waals surface area contributed by atoms with Crippen molar-refractivity contribution >= 4 is 5.82 Å². The topological polar surface area (TPSA) is 28.2 Å². The van der Waals surface area contributed by atoms with E-state index in [1.54, 1.807) is 12.3 Å². The van der Waals surface area contributed by atoms with Gasteiger partial charge < -0.3 is 5.32 Å². The molecule has 0 aliphatic rings. The minimum atomic E-state index is -4.16. The van der Waals surface area contributed by atoms with Gasteiger partial charge in [-0.2, -0.15) is 13.2 Å². The third-order valence-electron chi connectivity index (χ3n) is 2.53. The normalized spacial score (nSPS) is 11.9. The molecule has 1 heterocycles. The molecule has 0 unspecified atom stereocenters. The lowest BCUT2D eigenvalue weighted by Gasteiger charge is -2.23. The minimum absolute atomic E-state index is 0.271. The molecule has 1 aromatic rings. The molecule has 3 nitrogen and oxygen atoms in total. The number of hydrogen-bond acceptors (Lipinski definition) is 3. The molecule has 0 aliphatic carbocycles. The maximum Gasteiger partial charge on any atom is 0.401 e. The Kier molecular flexibility index (Phi) is 6.08. The van der Waals surface area contributed by atoms with Gasteiger partial charge in [0.25, 0.3) is 0 Å². The van der Waals surface area contributed by atoms with Crippen molar-refractivity contribution in [3.8, 4) is 0 Å². The summed E-state index contributed by atoms with van der Waals surface area (Å²) < 4.78 is 37.3. The Labute approximate surface area is 111 Å². The standard InChI is InChI=1S/C13H20F3N3/c1-3-7-19(10-13(14,15)16)9-11-5-6-12(17-4-2)18-8-11/h5-6,8H,3-4,7,9-10H2,1-2H3,(H,17,18). The summed E-state index contributed by atoms with van der Waals surface area (Å²) in [6, 6.07) is 3.60. The molecule has 0 saturated carbocycles. The minimum Gasteiger partial charge on any atom is -0.370 e. The summed E-state index contributed by atoms with van der Waals surface area (Å²) >= 11 is 0. The summed E-state index contributed by atoms with van der Waals surface area (Å²) in [6.45, 7) is 4.41. The molecule has 6 heteroatoms. The zero-order chi connectivity index (χ0) is 14.3. The molecule has 0 aliphatic heterocycles. The fourth-order valence-electron chi connectivity index (χ4n) is 1.85. The van der Waals surface area contributed by atoms with Gasteiger partial charge in [-0.25, -0.2) is 4.98 Å². The highest BCUT2D eigenvalue weighted by Gasteiger charge is 2.30. The van der Waals surface area contributed by atoms with Crippen LogP contribution in [0.4, 0.5) is 19.0 Å². The van der Waals surface area contributed by atoms with Crippen LogP contribution in [0.5, 0.6) is 0 Å².